The van der Waals surface area contributed by atoms with Crippen molar-refractivity contribution in [3.63, 3.8) is 0 Å². The van der Waals surface area contributed by atoms with Crippen molar-refractivity contribution in [3.8, 4) is 0 Å². The molecule has 0 atom stereocenters. The van der Waals surface area contributed by atoms with E-state index in [4.69, 9.17) is 9.40 Å². The molecule has 144 valence electrons. The molecule has 28 heavy (non-hydrogen) atoms. The fourth-order valence-corrected chi connectivity index (χ4v) is 3.38. The average molecular weight is 376 g/mol. The van der Waals surface area contributed by atoms with Gasteiger partial charge in [-0.1, -0.05) is 0 Å². The highest BCUT2D eigenvalue weighted by molar-refractivity contribution is 6.03. The summed E-state index contributed by atoms with van der Waals surface area (Å²) >= 11 is 0. The number of fused-ring (bicyclic) bond motifs is 1. The lowest BCUT2D eigenvalue weighted by Crippen LogP contribution is -2.44. The number of piperazine rings is 1. The van der Waals surface area contributed by atoms with Crippen LogP contribution in [0.15, 0.2) is 53.2 Å². The molecule has 6 heteroatoms. The minimum absolute atomic E-state index is 0.199. The van der Waals surface area contributed by atoms with Crippen LogP contribution in [-0.2, 0) is 4.79 Å². The monoisotopic (exact) mass is 376 g/mol. The second kappa shape index (κ2) is 7.86. The number of rotatable bonds is 4. The van der Waals surface area contributed by atoms with Crippen LogP contribution >= 0.6 is 0 Å². The van der Waals surface area contributed by atoms with Crippen LogP contribution in [0.1, 0.15) is 11.3 Å². The second-order valence-corrected chi connectivity index (χ2v) is 7.16. The molecule has 1 saturated heterocycles. The van der Waals surface area contributed by atoms with Crippen LogP contribution in [0.3, 0.4) is 0 Å². The Balaban J connectivity index is 1.51. The summed E-state index contributed by atoms with van der Waals surface area (Å²) in [7, 11) is 2.15. The molecule has 0 radical (unpaired) electrons. The smallest absolute Gasteiger partial charge is 0.248 e. The molecule has 1 aliphatic heterocycles. The summed E-state index contributed by atoms with van der Waals surface area (Å²) in [5.41, 5.74) is 2.85. The molecular weight excluding hydrogens is 352 g/mol. The third-order valence-electron chi connectivity index (χ3n) is 5.04. The Morgan fingerprint density at radius 1 is 1.18 bits per heavy atom. The predicted octanol–water partition coefficient (Wildman–Crippen LogP) is 3.54. The number of carbonyl (C=O) groups is 1. The summed E-state index contributed by atoms with van der Waals surface area (Å²) in [6, 6.07) is 11.6. The van der Waals surface area contributed by atoms with E-state index < -0.39 is 0 Å². The first kappa shape index (κ1) is 18.3. The molecule has 0 aliphatic carbocycles. The topological polar surface area (TPSA) is 61.6 Å². The largest absolute Gasteiger partial charge is 0.465 e. The van der Waals surface area contributed by atoms with Crippen LogP contribution in [-0.4, -0.2) is 49.0 Å². The van der Waals surface area contributed by atoms with Gasteiger partial charge >= 0.3 is 0 Å². The van der Waals surface area contributed by atoms with Crippen LogP contribution in [0.25, 0.3) is 17.0 Å². The fraction of sp³-hybridized carbons (Fsp3) is 0.273. The van der Waals surface area contributed by atoms with Crippen LogP contribution < -0.4 is 10.2 Å². The van der Waals surface area contributed by atoms with Gasteiger partial charge in [-0.15, -0.1) is 0 Å². The zero-order chi connectivity index (χ0) is 19.5. The summed E-state index contributed by atoms with van der Waals surface area (Å²) in [6.07, 6.45) is 4.68. The van der Waals surface area contributed by atoms with Crippen molar-refractivity contribution >= 4 is 34.4 Å². The highest BCUT2D eigenvalue weighted by atomic mass is 16.3. The molecule has 0 saturated carbocycles. The highest BCUT2D eigenvalue weighted by Crippen LogP contribution is 2.26. The number of likely N-dealkylation sites (N-methyl/N-ethyl adjacent to an activating group) is 1. The Morgan fingerprint density at radius 3 is 2.75 bits per heavy atom. The number of pyridine rings is 1. The van der Waals surface area contributed by atoms with Gasteiger partial charge < -0.3 is 19.5 Å². The molecule has 3 aromatic rings. The number of hydrogen-bond acceptors (Lipinski definition) is 5. The normalized spacial score (nSPS) is 15.4. The zero-order valence-electron chi connectivity index (χ0n) is 16.2. The number of nitrogens with one attached hydrogen (secondary N) is 1. The molecule has 0 bridgehead atoms. The van der Waals surface area contributed by atoms with Crippen LogP contribution in [0.2, 0.25) is 0 Å². The summed E-state index contributed by atoms with van der Waals surface area (Å²) in [4.78, 5) is 21.7. The first-order valence-electron chi connectivity index (χ1n) is 9.46. The van der Waals surface area contributed by atoms with E-state index >= 15 is 0 Å². The number of anilines is 2. The molecule has 0 spiro atoms. The summed E-state index contributed by atoms with van der Waals surface area (Å²) in [5, 5.41) is 3.94. The van der Waals surface area contributed by atoms with Crippen molar-refractivity contribution in [1.29, 1.82) is 0 Å². The maximum atomic E-state index is 12.1. The van der Waals surface area contributed by atoms with E-state index in [2.05, 4.69) is 35.2 Å². The maximum absolute atomic E-state index is 12.1. The fourth-order valence-electron chi connectivity index (χ4n) is 3.38. The SMILES string of the molecule is Cc1cc(N2CCN(C)CC2)nc2ccc(NC(=O)C=Cc3ccco3)cc12. The Bertz CT molecular complexity index is 1000. The quantitative estimate of drug-likeness (QED) is 0.706. The van der Waals surface area contributed by atoms with E-state index in [0.29, 0.717) is 5.76 Å². The zero-order valence-corrected chi connectivity index (χ0v) is 16.2. The van der Waals surface area contributed by atoms with Gasteiger partial charge in [0, 0.05) is 43.3 Å². The third kappa shape index (κ3) is 4.07. The molecule has 1 aliphatic rings. The number of carbonyl (C=O) groups excluding carboxylic acids is 1. The molecule has 1 N–H and O–H groups in total. The lowest BCUT2D eigenvalue weighted by molar-refractivity contribution is -0.111. The van der Waals surface area contributed by atoms with Crippen molar-refractivity contribution in [3.05, 3.63) is 60.1 Å². The molecule has 1 fully saturated rings. The molecule has 6 nitrogen and oxygen atoms in total. The Labute approximate surface area is 164 Å². The first-order valence-corrected chi connectivity index (χ1v) is 9.46. The predicted molar refractivity (Wildman–Crippen MR) is 113 cm³/mol. The van der Waals surface area contributed by atoms with E-state index in [-0.39, 0.29) is 5.91 Å². The first-order chi connectivity index (χ1) is 13.6. The van der Waals surface area contributed by atoms with Gasteiger partial charge in [0.15, 0.2) is 0 Å². The molecule has 3 heterocycles. The number of nitrogens with zero attached hydrogens (tertiary/aromatic N) is 3. The highest BCUT2D eigenvalue weighted by Gasteiger charge is 2.16. The Kier molecular flexibility index (Phi) is 5.12. The maximum Gasteiger partial charge on any atom is 0.248 e. The van der Waals surface area contributed by atoms with Gasteiger partial charge in [0.05, 0.1) is 11.8 Å². The van der Waals surface area contributed by atoms with Crippen molar-refractivity contribution in [1.82, 2.24) is 9.88 Å². The number of hydrogen-bond donors (Lipinski definition) is 1. The average Bonchev–Trinajstić information content (AvgIpc) is 3.21. The van der Waals surface area contributed by atoms with Crippen molar-refractivity contribution in [2.24, 2.45) is 0 Å². The van der Waals surface area contributed by atoms with Gasteiger partial charge in [-0.3, -0.25) is 4.79 Å². The van der Waals surface area contributed by atoms with Gasteiger partial charge in [-0.25, -0.2) is 4.98 Å². The minimum atomic E-state index is -0.199. The van der Waals surface area contributed by atoms with Crippen molar-refractivity contribution < 1.29 is 9.21 Å². The van der Waals surface area contributed by atoms with E-state index in [1.165, 1.54) is 6.08 Å². The Morgan fingerprint density at radius 2 is 2.00 bits per heavy atom. The van der Waals surface area contributed by atoms with Gasteiger partial charge in [0.2, 0.25) is 5.91 Å². The number of furan rings is 1. The number of aryl methyl sites for hydroxylation is 1. The van der Waals surface area contributed by atoms with Crippen molar-refractivity contribution in [2.45, 2.75) is 6.92 Å². The summed E-state index contributed by atoms with van der Waals surface area (Å²) in [6.45, 7) is 6.17. The number of aromatic nitrogens is 1. The van der Waals surface area contributed by atoms with Gasteiger partial charge in [-0.2, -0.15) is 0 Å². The lowest BCUT2D eigenvalue weighted by atomic mass is 10.1. The van der Waals surface area contributed by atoms with Crippen molar-refractivity contribution in [2.75, 3.05) is 43.4 Å². The number of amides is 1. The van der Waals surface area contributed by atoms with E-state index in [1.54, 1.807) is 24.5 Å². The molecule has 4 rings (SSSR count). The summed E-state index contributed by atoms with van der Waals surface area (Å²) in [5.74, 6) is 1.47. The second-order valence-electron chi connectivity index (χ2n) is 7.16. The van der Waals surface area contributed by atoms with E-state index in [9.17, 15) is 4.79 Å². The standard InChI is InChI=1S/C22H24N4O2/c1-16-14-21(26-11-9-25(2)10-12-26)24-20-7-5-17(15-19(16)20)23-22(27)8-6-18-4-3-13-28-18/h3-8,13-15H,9-12H2,1-2H3,(H,23,27). The van der Waals surface area contributed by atoms with Crippen LogP contribution in [0, 0.1) is 6.92 Å². The molecule has 1 amide bonds. The minimum Gasteiger partial charge on any atom is -0.465 e. The van der Waals surface area contributed by atoms with Crippen LogP contribution in [0.5, 0.6) is 0 Å². The third-order valence-corrected chi connectivity index (χ3v) is 5.04. The van der Waals surface area contributed by atoms with E-state index in [1.807, 2.05) is 18.2 Å². The van der Waals surface area contributed by atoms with Crippen LogP contribution in [0.4, 0.5) is 11.5 Å². The summed E-state index contributed by atoms with van der Waals surface area (Å²) < 4.78 is 5.19. The molecule has 0 unspecified atom stereocenters. The Hall–Kier alpha value is -3.12. The molecular formula is C22H24N4O2. The number of benzene rings is 1. The molecule has 2 aromatic heterocycles. The van der Waals surface area contributed by atoms with Gasteiger partial charge in [0.25, 0.3) is 0 Å². The van der Waals surface area contributed by atoms with Gasteiger partial charge in [0.1, 0.15) is 11.6 Å². The molecule has 1 aromatic carbocycles. The van der Waals surface area contributed by atoms with Gasteiger partial charge in [-0.05, 0) is 62.0 Å². The van der Waals surface area contributed by atoms with E-state index in [0.717, 1.165) is 54.2 Å². The lowest BCUT2D eigenvalue weighted by Gasteiger charge is -2.33.